The zero-order valence-corrected chi connectivity index (χ0v) is 11.9. The molecule has 2 rings (SSSR count). The molecule has 0 amide bonds. The molecule has 0 aliphatic carbocycles. The first-order valence-electron chi connectivity index (χ1n) is 7.15. The number of hydrogen-bond donors (Lipinski definition) is 1. The average Bonchev–Trinajstić information content (AvgIpc) is 2.40. The molecule has 100 valence electrons. The van der Waals surface area contributed by atoms with Crippen molar-refractivity contribution >= 4 is 0 Å². The van der Waals surface area contributed by atoms with Crippen LogP contribution in [-0.4, -0.2) is 36.6 Å². The molecule has 1 aromatic rings. The van der Waals surface area contributed by atoms with Crippen LogP contribution in [0.5, 0.6) is 0 Å². The van der Waals surface area contributed by atoms with Gasteiger partial charge in [0, 0.05) is 31.7 Å². The van der Waals surface area contributed by atoms with Crippen molar-refractivity contribution in [3.63, 3.8) is 0 Å². The van der Waals surface area contributed by atoms with Gasteiger partial charge < -0.3 is 5.32 Å². The predicted molar refractivity (Wildman–Crippen MR) is 78.0 cm³/mol. The van der Waals surface area contributed by atoms with Crippen molar-refractivity contribution in [1.29, 1.82) is 0 Å². The highest BCUT2D eigenvalue weighted by Crippen LogP contribution is 2.20. The topological polar surface area (TPSA) is 15.3 Å². The van der Waals surface area contributed by atoms with E-state index in [1.165, 1.54) is 31.6 Å². The largest absolute Gasteiger partial charge is 0.309 e. The van der Waals surface area contributed by atoms with Crippen LogP contribution >= 0.6 is 0 Å². The van der Waals surface area contributed by atoms with E-state index in [4.69, 9.17) is 0 Å². The molecule has 2 nitrogen and oxygen atoms in total. The lowest BCUT2D eigenvalue weighted by molar-refractivity contribution is 0.134. The first-order chi connectivity index (χ1) is 8.63. The fraction of sp³-hybridized carbons (Fsp3) is 0.625. The highest BCUT2D eigenvalue weighted by molar-refractivity contribution is 5.19. The molecule has 18 heavy (non-hydrogen) atoms. The summed E-state index contributed by atoms with van der Waals surface area (Å²) in [5.41, 5.74) is 1.75. The molecule has 0 aromatic heterocycles. The minimum atomic E-state index is 0.300. The summed E-state index contributed by atoms with van der Waals surface area (Å²) in [6, 6.07) is 10.9. The Morgan fingerprint density at radius 2 is 2.06 bits per heavy atom. The van der Waals surface area contributed by atoms with Crippen molar-refractivity contribution in [3.8, 4) is 0 Å². The van der Waals surface area contributed by atoms with E-state index in [9.17, 15) is 0 Å². The van der Waals surface area contributed by atoms with Crippen LogP contribution in [0.4, 0.5) is 0 Å². The minimum absolute atomic E-state index is 0.300. The summed E-state index contributed by atoms with van der Waals surface area (Å²) in [5, 5.41) is 3.65. The van der Waals surface area contributed by atoms with Crippen molar-refractivity contribution in [2.45, 2.75) is 38.6 Å². The number of nitrogens with zero attached hydrogens (tertiary/aromatic N) is 1. The average molecular weight is 246 g/mol. The number of hydrogen-bond acceptors (Lipinski definition) is 2. The van der Waals surface area contributed by atoms with E-state index in [0.717, 1.165) is 6.54 Å². The summed E-state index contributed by atoms with van der Waals surface area (Å²) in [7, 11) is 0. The molecule has 1 aliphatic rings. The van der Waals surface area contributed by atoms with Crippen LogP contribution < -0.4 is 5.32 Å². The van der Waals surface area contributed by atoms with Gasteiger partial charge in [0.1, 0.15) is 0 Å². The van der Waals surface area contributed by atoms with E-state index < -0.39 is 0 Å². The van der Waals surface area contributed by atoms with Gasteiger partial charge in [0.25, 0.3) is 0 Å². The predicted octanol–water partition coefficient (Wildman–Crippen LogP) is 2.86. The summed E-state index contributed by atoms with van der Waals surface area (Å²) in [6.45, 7) is 11.6. The van der Waals surface area contributed by atoms with Gasteiger partial charge >= 0.3 is 0 Å². The lowest BCUT2D eigenvalue weighted by Crippen LogP contribution is -2.58. The molecule has 0 bridgehead atoms. The van der Waals surface area contributed by atoms with E-state index in [-0.39, 0.29) is 0 Å². The number of nitrogens with one attached hydrogen (secondary N) is 1. The Bertz CT molecular complexity index is 363. The Morgan fingerprint density at radius 1 is 1.33 bits per heavy atom. The monoisotopic (exact) mass is 246 g/mol. The summed E-state index contributed by atoms with van der Waals surface area (Å²) in [4.78, 5) is 2.61. The standard InChI is InChI=1S/C16H26N2/c1-4-16(3)13-18(11-10-17-16)12-14(2)15-8-6-5-7-9-15/h5-9,14,17H,4,10-13H2,1-3H3. The van der Waals surface area contributed by atoms with Gasteiger partial charge in [-0.25, -0.2) is 0 Å². The maximum atomic E-state index is 3.65. The van der Waals surface area contributed by atoms with Gasteiger partial charge in [-0.1, -0.05) is 44.2 Å². The molecule has 1 fully saturated rings. The molecule has 2 atom stereocenters. The number of benzene rings is 1. The van der Waals surface area contributed by atoms with E-state index in [1.54, 1.807) is 0 Å². The summed E-state index contributed by atoms with van der Waals surface area (Å²) >= 11 is 0. The van der Waals surface area contributed by atoms with Crippen LogP contribution in [0, 0.1) is 0 Å². The Hall–Kier alpha value is -0.860. The van der Waals surface area contributed by atoms with Crippen molar-refractivity contribution in [2.75, 3.05) is 26.2 Å². The number of piperazine rings is 1. The van der Waals surface area contributed by atoms with Crippen molar-refractivity contribution < 1.29 is 0 Å². The third kappa shape index (κ3) is 3.33. The quantitative estimate of drug-likeness (QED) is 0.879. The number of rotatable bonds is 4. The Labute approximate surface area is 111 Å². The van der Waals surface area contributed by atoms with Crippen LogP contribution in [0.25, 0.3) is 0 Å². The Balaban J connectivity index is 1.93. The van der Waals surface area contributed by atoms with E-state index >= 15 is 0 Å². The zero-order valence-electron chi connectivity index (χ0n) is 11.9. The molecule has 1 saturated heterocycles. The smallest absolute Gasteiger partial charge is 0.0278 e. The second-order valence-corrected chi connectivity index (χ2v) is 5.89. The Kier molecular flexibility index (Phi) is 4.41. The SMILES string of the molecule is CCC1(C)CN(CC(C)c2ccccc2)CCN1. The lowest BCUT2D eigenvalue weighted by Gasteiger charge is -2.42. The molecule has 0 saturated carbocycles. The van der Waals surface area contributed by atoms with Gasteiger partial charge in [0.05, 0.1) is 0 Å². The summed E-state index contributed by atoms with van der Waals surface area (Å²) in [5.74, 6) is 0.616. The highest BCUT2D eigenvalue weighted by Gasteiger charge is 2.29. The molecule has 1 aromatic carbocycles. The van der Waals surface area contributed by atoms with Gasteiger partial charge in [0.15, 0.2) is 0 Å². The second kappa shape index (κ2) is 5.85. The van der Waals surface area contributed by atoms with Crippen LogP contribution in [0.1, 0.15) is 38.7 Å². The lowest BCUT2D eigenvalue weighted by atomic mass is 9.94. The molecular formula is C16H26N2. The molecule has 1 heterocycles. The van der Waals surface area contributed by atoms with Gasteiger partial charge in [-0.3, -0.25) is 4.90 Å². The van der Waals surface area contributed by atoms with Gasteiger partial charge in [-0.05, 0) is 24.8 Å². The molecule has 2 unspecified atom stereocenters. The first-order valence-corrected chi connectivity index (χ1v) is 7.15. The zero-order chi connectivity index (χ0) is 13.0. The highest BCUT2D eigenvalue weighted by atomic mass is 15.2. The molecule has 0 spiro atoms. The third-order valence-corrected chi connectivity index (χ3v) is 4.23. The van der Waals surface area contributed by atoms with Gasteiger partial charge in [0.2, 0.25) is 0 Å². The van der Waals surface area contributed by atoms with Gasteiger partial charge in [-0.2, -0.15) is 0 Å². The van der Waals surface area contributed by atoms with Gasteiger partial charge in [-0.15, -0.1) is 0 Å². The minimum Gasteiger partial charge on any atom is -0.309 e. The third-order valence-electron chi connectivity index (χ3n) is 4.23. The molecule has 2 heteroatoms. The van der Waals surface area contributed by atoms with E-state index in [2.05, 4.69) is 61.3 Å². The Morgan fingerprint density at radius 3 is 2.72 bits per heavy atom. The molecule has 1 N–H and O–H groups in total. The second-order valence-electron chi connectivity index (χ2n) is 5.89. The maximum absolute atomic E-state index is 3.65. The fourth-order valence-corrected chi connectivity index (χ4v) is 2.81. The van der Waals surface area contributed by atoms with Crippen LogP contribution in [0.3, 0.4) is 0 Å². The summed E-state index contributed by atoms with van der Waals surface area (Å²) < 4.78 is 0. The maximum Gasteiger partial charge on any atom is 0.0278 e. The summed E-state index contributed by atoms with van der Waals surface area (Å²) in [6.07, 6.45) is 1.20. The van der Waals surface area contributed by atoms with Crippen LogP contribution in [0.2, 0.25) is 0 Å². The molecular weight excluding hydrogens is 220 g/mol. The fourth-order valence-electron chi connectivity index (χ4n) is 2.81. The van der Waals surface area contributed by atoms with Crippen molar-refractivity contribution in [3.05, 3.63) is 35.9 Å². The molecule has 0 radical (unpaired) electrons. The van der Waals surface area contributed by atoms with Crippen LogP contribution in [0.15, 0.2) is 30.3 Å². The van der Waals surface area contributed by atoms with Crippen molar-refractivity contribution in [1.82, 2.24) is 10.2 Å². The normalized spacial score (nSPS) is 27.1. The molecule has 1 aliphatic heterocycles. The first kappa shape index (κ1) is 13.6. The van der Waals surface area contributed by atoms with Crippen molar-refractivity contribution in [2.24, 2.45) is 0 Å². The van der Waals surface area contributed by atoms with Crippen LogP contribution in [-0.2, 0) is 0 Å². The van der Waals surface area contributed by atoms with E-state index in [1.807, 2.05) is 0 Å². The van der Waals surface area contributed by atoms with E-state index in [0.29, 0.717) is 11.5 Å².